The summed E-state index contributed by atoms with van der Waals surface area (Å²) in [5.74, 6) is -1.08. The van der Waals surface area contributed by atoms with Gasteiger partial charge in [0.05, 0.1) is 12.6 Å². The Morgan fingerprint density at radius 3 is 2.34 bits per heavy atom. The largest absolute Gasteiger partial charge is 0.380 e. The van der Waals surface area contributed by atoms with Gasteiger partial charge in [0.1, 0.15) is 17.7 Å². The lowest BCUT2D eigenvalue weighted by Crippen LogP contribution is -2.55. The zero-order valence-corrected chi connectivity index (χ0v) is 21.0. The number of aliphatic hydroxyl groups is 1. The number of Topliss-reactive ketones (excluding diaryl/α,β-unsaturated/α-hetero) is 1. The van der Waals surface area contributed by atoms with Gasteiger partial charge in [0.25, 0.3) is 11.8 Å². The van der Waals surface area contributed by atoms with Crippen molar-refractivity contribution in [2.75, 3.05) is 32.1 Å². The van der Waals surface area contributed by atoms with Crippen molar-refractivity contribution in [2.45, 2.75) is 69.7 Å². The Morgan fingerprint density at radius 1 is 1.14 bits per heavy atom. The molecule has 1 aromatic carbocycles. The van der Waals surface area contributed by atoms with E-state index in [4.69, 9.17) is 0 Å². The normalized spacial score (nSPS) is 23.7. The van der Waals surface area contributed by atoms with Crippen LogP contribution >= 0.6 is 0 Å². The minimum atomic E-state index is -1.37. The highest BCUT2D eigenvalue weighted by atomic mass is 16.3. The van der Waals surface area contributed by atoms with Crippen LogP contribution in [0.5, 0.6) is 0 Å². The van der Waals surface area contributed by atoms with Gasteiger partial charge in [-0.2, -0.15) is 0 Å². The molecule has 1 aliphatic carbocycles. The number of fused-ring (bicyclic) bond motifs is 1. The highest BCUT2D eigenvalue weighted by Crippen LogP contribution is 2.38. The number of hydrogen-bond donors (Lipinski definition) is 2. The summed E-state index contributed by atoms with van der Waals surface area (Å²) in [7, 11) is 3.84. The lowest BCUT2D eigenvalue weighted by atomic mass is 9.79. The van der Waals surface area contributed by atoms with Crippen LogP contribution in [0.4, 0.5) is 5.69 Å². The van der Waals surface area contributed by atoms with Gasteiger partial charge in [-0.25, -0.2) is 0 Å². The summed E-state index contributed by atoms with van der Waals surface area (Å²) >= 11 is 0. The topological polar surface area (TPSA) is 110 Å². The first-order valence-electron chi connectivity index (χ1n) is 12.5. The van der Waals surface area contributed by atoms with Gasteiger partial charge >= 0.3 is 0 Å². The van der Waals surface area contributed by atoms with Gasteiger partial charge in [0.15, 0.2) is 5.78 Å². The molecule has 35 heavy (non-hydrogen) atoms. The van der Waals surface area contributed by atoms with E-state index in [0.29, 0.717) is 37.8 Å². The second kappa shape index (κ2) is 9.60. The predicted octanol–water partition coefficient (Wildman–Crippen LogP) is 1.19. The SMILES string of the molecule is CC(C)CC(NC(=O)c1ccc(N(C)C)cc1)C(=O)N1CCC2C1C(=O)CN2C(=O)C1(O)CCC1. The molecule has 1 saturated carbocycles. The van der Waals surface area contributed by atoms with Crippen LogP contribution < -0.4 is 10.2 Å². The molecule has 0 radical (unpaired) electrons. The quantitative estimate of drug-likeness (QED) is 0.602. The fourth-order valence-corrected chi connectivity index (χ4v) is 5.38. The van der Waals surface area contributed by atoms with E-state index >= 15 is 0 Å². The third kappa shape index (κ3) is 4.78. The van der Waals surface area contributed by atoms with E-state index in [9.17, 15) is 24.3 Å². The molecule has 2 N–H and O–H groups in total. The zero-order chi connectivity index (χ0) is 25.5. The van der Waals surface area contributed by atoms with Crippen molar-refractivity contribution in [2.24, 2.45) is 5.92 Å². The first-order chi connectivity index (χ1) is 16.5. The molecule has 3 unspecified atom stereocenters. The second-order valence-corrected chi connectivity index (χ2v) is 10.7. The number of carbonyl (C=O) groups excluding carboxylic acids is 4. The number of hydrogen-bond acceptors (Lipinski definition) is 6. The van der Waals surface area contributed by atoms with Gasteiger partial charge in [-0.05, 0) is 62.3 Å². The molecule has 2 heterocycles. The van der Waals surface area contributed by atoms with Gasteiger partial charge in [0, 0.05) is 31.9 Å². The van der Waals surface area contributed by atoms with Crippen molar-refractivity contribution < 1.29 is 24.3 Å². The van der Waals surface area contributed by atoms with Crippen molar-refractivity contribution in [3.63, 3.8) is 0 Å². The van der Waals surface area contributed by atoms with E-state index in [-0.39, 0.29) is 30.1 Å². The van der Waals surface area contributed by atoms with Crippen molar-refractivity contribution in [3.8, 4) is 0 Å². The maximum absolute atomic E-state index is 13.6. The molecule has 2 saturated heterocycles. The standard InChI is InChI=1S/C26H36N4O5/c1-16(2)14-19(27-23(32)17-6-8-18(9-7-17)28(3)4)24(33)29-13-10-20-22(29)21(31)15-30(20)25(34)26(35)11-5-12-26/h6-9,16,19-20,22,35H,5,10-15H2,1-4H3,(H,27,32). The molecule has 9 heteroatoms. The number of likely N-dealkylation sites (tertiary alicyclic amines) is 2. The molecule has 0 bridgehead atoms. The van der Waals surface area contributed by atoms with Crippen LogP contribution in [0.25, 0.3) is 0 Å². The van der Waals surface area contributed by atoms with E-state index in [0.717, 1.165) is 12.1 Å². The smallest absolute Gasteiger partial charge is 0.255 e. The Labute approximate surface area is 206 Å². The molecular formula is C26H36N4O5. The molecule has 0 spiro atoms. The molecule has 2 aliphatic heterocycles. The summed E-state index contributed by atoms with van der Waals surface area (Å²) in [6, 6.07) is 5.23. The Bertz CT molecular complexity index is 1000. The Balaban J connectivity index is 1.48. The van der Waals surface area contributed by atoms with Crippen molar-refractivity contribution in [1.82, 2.24) is 15.1 Å². The van der Waals surface area contributed by atoms with Gasteiger partial charge in [-0.3, -0.25) is 19.2 Å². The lowest BCUT2D eigenvalue weighted by Gasteiger charge is -2.39. The number of rotatable bonds is 7. The minimum absolute atomic E-state index is 0.0836. The number of anilines is 1. The number of nitrogens with one attached hydrogen (secondary N) is 1. The first kappa shape index (κ1) is 25.2. The van der Waals surface area contributed by atoms with Gasteiger partial charge in [-0.1, -0.05) is 13.8 Å². The van der Waals surface area contributed by atoms with E-state index in [2.05, 4.69) is 5.32 Å². The second-order valence-electron chi connectivity index (χ2n) is 10.7. The maximum Gasteiger partial charge on any atom is 0.255 e. The Kier molecular flexibility index (Phi) is 6.90. The Morgan fingerprint density at radius 2 is 1.80 bits per heavy atom. The van der Waals surface area contributed by atoms with E-state index in [1.807, 2.05) is 45.0 Å². The van der Waals surface area contributed by atoms with E-state index in [1.165, 1.54) is 9.80 Å². The van der Waals surface area contributed by atoms with Crippen LogP contribution in [-0.4, -0.2) is 89.3 Å². The summed E-state index contributed by atoms with van der Waals surface area (Å²) in [6.07, 6.45) is 2.53. The molecule has 190 valence electrons. The van der Waals surface area contributed by atoms with Crippen LogP contribution in [0.1, 0.15) is 56.3 Å². The fraction of sp³-hybridized carbons (Fsp3) is 0.615. The molecular weight excluding hydrogens is 448 g/mol. The van der Waals surface area contributed by atoms with Gasteiger partial charge in [0.2, 0.25) is 5.91 Å². The predicted molar refractivity (Wildman–Crippen MR) is 131 cm³/mol. The van der Waals surface area contributed by atoms with E-state index in [1.54, 1.807) is 12.1 Å². The number of nitrogens with zero attached hydrogens (tertiary/aromatic N) is 3. The third-order valence-electron chi connectivity index (χ3n) is 7.50. The van der Waals surface area contributed by atoms with Crippen LogP contribution in [0.2, 0.25) is 0 Å². The van der Waals surface area contributed by atoms with Crippen LogP contribution in [0.15, 0.2) is 24.3 Å². The van der Waals surface area contributed by atoms with Crippen molar-refractivity contribution in [3.05, 3.63) is 29.8 Å². The number of amides is 3. The molecule has 4 rings (SSSR count). The molecule has 1 aromatic rings. The highest BCUT2D eigenvalue weighted by Gasteiger charge is 2.56. The van der Waals surface area contributed by atoms with Gasteiger partial charge < -0.3 is 25.1 Å². The minimum Gasteiger partial charge on any atom is -0.380 e. The highest BCUT2D eigenvalue weighted by molar-refractivity contribution is 6.01. The van der Waals surface area contributed by atoms with Gasteiger partial charge in [-0.15, -0.1) is 0 Å². The number of carbonyl (C=O) groups is 4. The van der Waals surface area contributed by atoms with Crippen LogP contribution in [-0.2, 0) is 14.4 Å². The summed E-state index contributed by atoms with van der Waals surface area (Å²) in [4.78, 5) is 57.4. The summed E-state index contributed by atoms with van der Waals surface area (Å²) in [5, 5.41) is 13.4. The molecule has 3 amide bonds. The third-order valence-corrected chi connectivity index (χ3v) is 7.50. The summed E-state index contributed by atoms with van der Waals surface area (Å²) < 4.78 is 0. The molecule has 3 fully saturated rings. The lowest BCUT2D eigenvalue weighted by molar-refractivity contribution is -0.161. The molecule has 9 nitrogen and oxygen atoms in total. The summed E-state index contributed by atoms with van der Waals surface area (Å²) in [5.41, 5.74) is 0.0480. The van der Waals surface area contributed by atoms with Crippen LogP contribution in [0.3, 0.4) is 0 Å². The van der Waals surface area contributed by atoms with Crippen molar-refractivity contribution >= 4 is 29.2 Å². The summed E-state index contributed by atoms with van der Waals surface area (Å²) in [6.45, 7) is 4.21. The molecule has 3 aliphatic rings. The van der Waals surface area contributed by atoms with Crippen molar-refractivity contribution in [1.29, 1.82) is 0 Å². The first-order valence-corrected chi connectivity index (χ1v) is 12.5. The fourth-order valence-electron chi connectivity index (χ4n) is 5.38. The molecule has 3 atom stereocenters. The van der Waals surface area contributed by atoms with E-state index < -0.39 is 29.6 Å². The van der Waals surface area contributed by atoms with Crippen LogP contribution in [0, 0.1) is 5.92 Å². The average Bonchev–Trinajstić information content (AvgIpc) is 3.37. The Hall–Kier alpha value is -2.94. The average molecular weight is 485 g/mol. The monoisotopic (exact) mass is 484 g/mol. The zero-order valence-electron chi connectivity index (χ0n) is 21.0. The number of ketones is 1. The number of benzene rings is 1. The maximum atomic E-state index is 13.6. The molecule has 0 aromatic heterocycles.